The molecule has 0 spiro atoms. The van der Waals surface area contributed by atoms with Gasteiger partial charge in [-0.25, -0.2) is 0 Å². The number of ether oxygens (including phenoxy) is 1. The Morgan fingerprint density at radius 3 is 2.64 bits per heavy atom. The highest BCUT2D eigenvalue weighted by molar-refractivity contribution is 5.77. The Balaban J connectivity index is 4.22. The van der Waals surface area contributed by atoms with Crippen LogP contribution in [-0.4, -0.2) is 19.4 Å². The van der Waals surface area contributed by atoms with E-state index in [2.05, 4.69) is 10.7 Å². The molecular weight excluding hydrogens is 144 g/mol. The highest BCUT2D eigenvalue weighted by Crippen LogP contribution is 2.16. The number of carbonyl (C=O) groups is 2. The molecule has 0 heterocycles. The fourth-order valence-electron chi connectivity index (χ4n) is 0.499. The van der Waals surface area contributed by atoms with Gasteiger partial charge in [0.1, 0.15) is 6.29 Å². The van der Waals surface area contributed by atoms with Crippen LogP contribution < -0.4 is 0 Å². The first-order chi connectivity index (χ1) is 5.08. The van der Waals surface area contributed by atoms with Gasteiger partial charge >= 0.3 is 5.97 Å². The molecule has 3 nitrogen and oxygen atoms in total. The molecule has 0 radical (unpaired) electrons. The van der Waals surface area contributed by atoms with Gasteiger partial charge in [-0.05, 0) is 6.92 Å². The highest BCUT2D eigenvalue weighted by atomic mass is 16.5. The molecule has 0 unspecified atom stereocenters. The molecule has 0 aliphatic rings. The Morgan fingerprint density at radius 2 is 2.36 bits per heavy atom. The van der Waals surface area contributed by atoms with Crippen LogP contribution >= 0.6 is 0 Å². The molecule has 0 N–H and O–H groups in total. The Labute approximate surface area is 65.7 Å². The third-order valence-corrected chi connectivity index (χ3v) is 1.33. The average Bonchev–Trinajstić information content (AvgIpc) is 2.04. The van der Waals surface area contributed by atoms with Crippen molar-refractivity contribution in [1.29, 1.82) is 0 Å². The summed E-state index contributed by atoms with van der Waals surface area (Å²) in [5.41, 5.74) is -1.02. The molecule has 3 heteroatoms. The summed E-state index contributed by atoms with van der Waals surface area (Å²) in [6.07, 6.45) is 5.54. The molecule has 0 fully saturated rings. The van der Waals surface area contributed by atoms with Gasteiger partial charge < -0.3 is 9.53 Å². The lowest BCUT2D eigenvalue weighted by molar-refractivity contribution is -0.143. The average molecular weight is 154 g/mol. The van der Waals surface area contributed by atoms with Crippen molar-refractivity contribution in [2.45, 2.75) is 13.3 Å². The van der Waals surface area contributed by atoms with Crippen LogP contribution in [0.5, 0.6) is 0 Å². The fourth-order valence-corrected chi connectivity index (χ4v) is 0.499. The minimum atomic E-state index is -1.02. The summed E-state index contributed by atoms with van der Waals surface area (Å²) in [6.45, 7) is 1.51. The van der Waals surface area contributed by atoms with Crippen molar-refractivity contribution >= 4 is 12.3 Å². The smallest absolute Gasteiger partial charge is 0.307 e. The van der Waals surface area contributed by atoms with E-state index in [1.165, 1.54) is 14.0 Å². The van der Waals surface area contributed by atoms with Gasteiger partial charge in [0.2, 0.25) is 0 Å². The van der Waals surface area contributed by atoms with Crippen LogP contribution in [0.2, 0.25) is 0 Å². The van der Waals surface area contributed by atoms with E-state index in [-0.39, 0.29) is 6.42 Å². The molecule has 0 saturated carbocycles. The summed E-state index contributed by atoms with van der Waals surface area (Å²) >= 11 is 0. The largest absolute Gasteiger partial charge is 0.469 e. The van der Waals surface area contributed by atoms with Crippen LogP contribution in [0.3, 0.4) is 0 Å². The summed E-state index contributed by atoms with van der Waals surface area (Å²) in [4.78, 5) is 21.0. The van der Waals surface area contributed by atoms with Gasteiger partial charge in [0.05, 0.1) is 18.9 Å². The number of esters is 1. The van der Waals surface area contributed by atoms with Crippen molar-refractivity contribution in [1.82, 2.24) is 0 Å². The van der Waals surface area contributed by atoms with E-state index in [0.717, 1.165) is 0 Å². The minimum absolute atomic E-state index is 0.0660. The number of rotatable bonds is 3. The van der Waals surface area contributed by atoms with Crippen molar-refractivity contribution in [3.8, 4) is 12.3 Å². The molecular formula is C8H10O3. The predicted octanol–water partition coefficient (Wildman–Crippen LogP) is 0.388. The Morgan fingerprint density at radius 1 is 1.82 bits per heavy atom. The molecule has 0 rings (SSSR count). The van der Waals surface area contributed by atoms with Gasteiger partial charge in [-0.1, -0.05) is 5.92 Å². The maximum atomic E-state index is 10.7. The van der Waals surface area contributed by atoms with Gasteiger partial charge in [0.15, 0.2) is 0 Å². The van der Waals surface area contributed by atoms with Crippen LogP contribution in [-0.2, 0) is 14.3 Å². The molecule has 11 heavy (non-hydrogen) atoms. The molecule has 0 aliphatic carbocycles. The molecule has 1 atom stereocenters. The van der Waals surface area contributed by atoms with Crippen molar-refractivity contribution in [2.75, 3.05) is 7.11 Å². The molecule has 60 valence electrons. The van der Waals surface area contributed by atoms with Gasteiger partial charge in [-0.2, -0.15) is 0 Å². The summed E-state index contributed by atoms with van der Waals surface area (Å²) in [5, 5.41) is 0. The maximum Gasteiger partial charge on any atom is 0.307 e. The highest BCUT2D eigenvalue weighted by Gasteiger charge is 2.24. The lowest BCUT2D eigenvalue weighted by Crippen LogP contribution is -2.21. The third-order valence-electron chi connectivity index (χ3n) is 1.33. The lowest BCUT2D eigenvalue weighted by Gasteiger charge is -2.12. The number of hydrogen-bond acceptors (Lipinski definition) is 3. The normalized spacial score (nSPS) is 14.3. The van der Waals surface area contributed by atoms with E-state index in [0.29, 0.717) is 6.29 Å². The standard InChI is InChI=1S/C8H10O3/c1-4-8(2,6-9)5-7(10)11-3/h1,6H,5H2,2-3H3/t8-/m1/s1. The van der Waals surface area contributed by atoms with E-state index >= 15 is 0 Å². The number of carbonyl (C=O) groups excluding carboxylic acids is 2. The topological polar surface area (TPSA) is 43.4 Å². The van der Waals surface area contributed by atoms with Crippen LogP contribution in [0.15, 0.2) is 0 Å². The van der Waals surface area contributed by atoms with Gasteiger partial charge in [0, 0.05) is 0 Å². The molecule has 0 aliphatic heterocycles. The summed E-state index contributed by atoms with van der Waals surface area (Å²) in [6, 6.07) is 0. The molecule has 0 bridgehead atoms. The Bertz CT molecular complexity index is 202. The van der Waals surface area contributed by atoms with E-state index in [4.69, 9.17) is 6.42 Å². The number of aldehydes is 1. The first-order valence-electron chi connectivity index (χ1n) is 3.09. The zero-order chi connectivity index (χ0) is 8.91. The molecule has 0 aromatic carbocycles. The van der Waals surface area contributed by atoms with Crippen LogP contribution in [0.1, 0.15) is 13.3 Å². The van der Waals surface area contributed by atoms with Crippen molar-refractivity contribution in [3.05, 3.63) is 0 Å². The molecule has 0 saturated heterocycles. The number of terminal acetylenes is 1. The van der Waals surface area contributed by atoms with E-state index in [9.17, 15) is 9.59 Å². The Hall–Kier alpha value is -1.30. The summed E-state index contributed by atoms with van der Waals surface area (Å²) in [5.74, 6) is 1.75. The second-order valence-electron chi connectivity index (χ2n) is 2.43. The lowest BCUT2D eigenvalue weighted by atomic mass is 9.90. The fraction of sp³-hybridized carbons (Fsp3) is 0.500. The predicted molar refractivity (Wildman–Crippen MR) is 39.6 cm³/mol. The van der Waals surface area contributed by atoms with Crippen molar-refractivity contribution in [2.24, 2.45) is 5.41 Å². The van der Waals surface area contributed by atoms with Gasteiger partial charge in [0.25, 0.3) is 0 Å². The minimum Gasteiger partial charge on any atom is -0.469 e. The first kappa shape index (κ1) is 9.70. The van der Waals surface area contributed by atoms with Gasteiger partial charge in [-0.15, -0.1) is 6.42 Å². The SMILES string of the molecule is C#C[C@@](C)(C=O)CC(=O)OC. The van der Waals surface area contributed by atoms with Crippen LogP contribution in [0, 0.1) is 17.8 Å². The van der Waals surface area contributed by atoms with Crippen molar-refractivity contribution in [3.63, 3.8) is 0 Å². The first-order valence-corrected chi connectivity index (χ1v) is 3.09. The van der Waals surface area contributed by atoms with E-state index in [1.807, 2.05) is 0 Å². The monoisotopic (exact) mass is 154 g/mol. The third kappa shape index (κ3) is 2.85. The zero-order valence-electron chi connectivity index (χ0n) is 6.59. The number of methoxy groups -OCH3 is 1. The van der Waals surface area contributed by atoms with E-state index < -0.39 is 11.4 Å². The Kier molecular flexibility index (Phi) is 3.32. The second-order valence-corrected chi connectivity index (χ2v) is 2.43. The second kappa shape index (κ2) is 3.77. The van der Waals surface area contributed by atoms with Crippen LogP contribution in [0.25, 0.3) is 0 Å². The molecule has 0 aromatic rings. The molecule has 0 amide bonds. The van der Waals surface area contributed by atoms with Crippen LogP contribution in [0.4, 0.5) is 0 Å². The number of hydrogen-bond donors (Lipinski definition) is 0. The zero-order valence-corrected chi connectivity index (χ0v) is 6.59. The quantitative estimate of drug-likeness (QED) is 0.335. The maximum absolute atomic E-state index is 10.7. The van der Waals surface area contributed by atoms with Gasteiger partial charge in [-0.3, -0.25) is 4.79 Å². The van der Waals surface area contributed by atoms with E-state index in [1.54, 1.807) is 0 Å². The molecule has 0 aromatic heterocycles. The summed E-state index contributed by atoms with van der Waals surface area (Å²) < 4.78 is 4.36. The summed E-state index contributed by atoms with van der Waals surface area (Å²) in [7, 11) is 1.25. The van der Waals surface area contributed by atoms with Crippen molar-refractivity contribution < 1.29 is 14.3 Å².